The molecule has 0 aliphatic carbocycles. The average Bonchev–Trinajstić information content (AvgIpc) is 2.97. The molecule has 3 amide bonds. The molecule has 1 saturated heterocycles. The molecular formula is C21H30N4O4. The van der Waals surface area contributed by atoms with Gasteiger partial charge in [-0.2, -0.15) is 0 Å². The summed E-state index contributed by atoms with van der Waals surface area (Å²) in [6.07, 6.45) is 1.22. The largest absolute Gasteiger partial charge is 0.490 e. The fourth-order valence-corrected chi connectivity index (χ4v) is 3.77. The lowest BCUT2D eigenvalue weighted by Gasteiger charge is -2.29. The molecule has 0 aromatic heterocycles. The van der Waals surface area contributed by atoms with E-state index in [0.29, 0.717) is 51.6 Å². The molecular weight excluding hydrogens is 372 g/mol. The van der Waals surface area contributed by atoms with Crippen molar-refractivity contribution >= 4 is 23.4 Å². The molecule has 29 heavy (non-hydrogen) atoms. The molecule has 2 aliphatic rings. The lowest BCUT2D eigenvalue weighted by molar-refractivity contribution is -0.133. The van der Waals surface area contributed by atoms with E-state index in [1.165, 1.54) is 0 Å². The summed E-state index contributed by atoms with van der Waals surface area (Å²) in [4.78, 5) is 42.7. The van der Waals surface area contributed by atoms with Crippen LogP contribution in [0.2, 0.25) is 0 Å². The summed E-state index contributed by atoms with van der Waals surface area (Å²) in [5.41, 5.74) is 0.770. The maximum Gasteiger partial charge on any atom is 0.234 e. The predicted molar refractivity (Wildman–Crippen MR) is 110 cm³/mol. The van der Waals surface area contributed by atoms with Gasteiger partial charge in [0.2, 0.25) is 17.7 Å². The Balaban J connectivity index is 1.47. The highest BCUT2D eigenvalue weighted by atomic mass is 16.5. The summed E-state index contributed by atoms with van der Waals surface area (Å²) < 4.78 is 5.59. The Labute approximate surface area is 171 Å². The molecule has 1 aromatic carbocycles. The number of likely N-dealkylation sites (N-methyl/N-ethyl adjacent to an activating group) is 1. The molecule has 0 spiro atoms. The minimum atomic E-state index is -0.0539. The van der Waals surface area contributed by atoms with E-state index in [9.17, 15) is 14.4 Å². The molecule has 0 unspecified atom stereocenters. The number of amides is 3. The maximum absolute atomic E-state index is 12.7. The van der Waals surface area contributed by atoms with Gasteiger partial charge < -0.3 is 19.9 Å². The molecule has 0 radical (unpaired) electrons. The van der Waals surface area contributed by atoms with Gasteiger partial charge in [-0.1, -0.05) is 12.1 Å². The van der Waals surface area contributed by atoms with Gasteiger partial charge in [0.1, 0.15) is 12.4 Å². The highest BCUT2D eigenvalue weighted by Crippen LogP contribution is 2.31. The van der Waals surface area contributed by atoms with Gasteiger partial charge in [0.25, 0.3) is 0 Å². The number of rotatable bonds is 6. The van der Waals surface area contributed by atoms with E-state index in [1.54, 1.807) is 4.90 Å². The van der Waals surface area contributed by atoms with Crippen LogP contribution in [0.5, 0.6) is 5.75 Å². The molecule has 0 saturated carbocycles. The number of nitrogens with one attached hydrogen (secondary N) is 1. The van der Waals surface area contributed by atoms with E-state index in [4.69, 9.17) is 4.74 Å². The van der Waals surface area contributed by atoms with Crippen LogP contribution >= 0.6 is 0 Å². The molecule has 8 heteroatoms. The number of fused-ring (bicyclic) bond motifs is 1. The second-order valence-corrected chi connectivity index (χ2v) is 7.33. The van der Waals surface area contributed by atoms with Crippen molar-refractivity contribution in [3.05, 3.63) is 24.3 Å². The first-order valence-corrected chi connectivity index (χ1v) is 10.4. The van der Waals surface area contributed by atoms with Gasteiger partial charge in [0, 0.05) is 45.6 Å². The molecule has 3 rings (SSSR count). The van der Waals surface area contributed by atoms with E-state index in [1.807, 2.05) is 36.1 Å². The summed E-state index contributed by atoms with van der Waals surface area (Å²) in [5.74, 6) is 0.670. The fourth-order valence-electron chi connectivity index (χ4n) is 3.77. The number of nitrogens with zero attached hydrogens (tertiary/aromatic N) is 3. The summed E-state index contributed by atoms with van der Waals surface area (Å²) >= 11 is 0. The third-order valence-electron chi connectivity index (χ3n) is 5.26. The maximum atomic E-state index is 12.7. The average molecular weight is 402 g/mol. The smallest absolute Gasteiger partial charge is 0.234 e. The third-order valence-corrected chi connectivity index (χ3v) is 5.26. The lowest BCUT2D eigenvalue weighted by atomic mass is 10.2. The number of hydrogen-bond acceptors (Lipinski definition) is 5. The summed E-state index contributed by atoms with van der Waals surface area (Å²) in [6, 6.07) is 7.48. The van der Waals surface area contributed by atoms with Gasteiger partial charge >= 0.3 is 0 Å². The van der Waals surface area contributed by atoms with Gasteiger partial charge in [-0.15, -0.1) is 0 Å². The number of hydrogen-bond donors (Lipinski definition) is 1. The van der Waals surface area contributed by atoms with E-state index < -0.39 is 0 Å². The standard InChI is InChI=1S/C21H30N4O4/c1-2-22-19(26)16-23-10-5-11-24(13-12-23)20(27)8-9-21(28)25-14-15-29-18-7-4-3-6-17(18)25/h3-4,6-7H,2,5,8-16H2,1H3,(H,22,26). The zero-order valence-corrected chi connectivity index (χ0v) is 17.1. The Kier molecular flexibility index (Phi) is 7.46. The van der Waals surface area contributed by atoms with Crippen LogP contribution in [0.25, 0.3) is 0 Å². The van der Waals surface area contributed by atoms with Gasteiger partial charge in [0.15, 0.2) is 0 Å². The van der Waals surface area contributed by atoms with Crippen LogP contribution in [0.4, 0.5) is 5.69 Å². The second kappa shape index (κ2) is 10.2. The zero-order chi connectivity index (χ0) is 20.6. The molecule has 2 heterocycles. The van der Waals surface area contributed by atoms with Crippen molar-refractivity contribution in [2.45, 2.75) is 26.2 Å². The van der Waals surface area contributed by atoms with Crippen molar-refractivity contribution < 1.29 is 19.1 Å². The van der Waals surface area contributed by atoms with E-state index in [-0.39, 0.29) is 30.6 Å². The minimum absolute atomic E-state index is 0.000227. The Morgan fingerprint density at radius 2 is 1.79 bits per heavy atom. The van der Waals surface area contributed by atoms with Crippen LogP contribution < -0.4 is 15.0 Å². The first-order chi connectivity index (χ1) is 14.1. The number of carbonyl (C=O) groups excluding carboxylic acids is 3. The highest BCUT2D eigenvalue weighted by Gasteiger charge is 2.25. The monoisotopic (exact) mass is 402 g/mol. The highest BCUT2D eigenvalue weighted by molar-refractivity contribution is 5.97. The molecule has 158 valence electrons. The van der Waals surface area contributed by atoms with Crippen molar-refractivity contribution in [2.75, 3.05) is 57.3 Å². The Morgan fingerprint density at radius 3 is 2.62 bits per heavy atom. The van der Waals surface area contributed by atoms with Crippen LogP contribution in [-0.2, 0) is 14.4 Å². The summed E-state index contributed by atoms with van der Waals surface area (Å²) in [7, 11) is 0. The molecule has 1 N–H and O–H groups in total. The molecule has 2 aliphatic heterocycles. The Bertz CT molecular complexity index is 739. The summed E-state index contributed by atoms with van der Waals surface area (Å²) in [5, 5.41) is 2.81. The van der Waals surface area contributed by atoms with Crippen LogP contribution in [0.3, 0.4) is 0 Å². The number of benzene rings is 1. The quantitative estimate of drug-likeness (QED) is 0.763. The first kappa shape index (κ1) is 21.1. The normalized spacial score (nSPS) is 17.1. The van der Waals surface area contributed by atoms with Crippen molar-refractivity contribution in [3.63, 3.8) is 0 Å². The van der Waals surface area contributed by atoms with Gasteiger partial charge in [-0.05, 0) is 25.5 Å². The van der Waals surface area contributed by atoms with E-state index in [2.05, 4.69) is 10.2 Å². The number of anilines is 1. The molecule has 1 aromatic rings. The van der Waals surface area contributed by atoms with Crippen molar-refractivity contribution in [1.29, 1.82) is 0 Å². The van der Waals surface area contributed by atoms with Crippen molar-refractivity contribution in [1.82, 2.24) is 15.1 Å². The third kappa shape index (κ3) is 5.69. The molecule has 0 bridgehead atoms. The van der Waals surface area contributed by atoms with Gasteiger partial charge in [-0.3, -0.25) is 19.3 Å². The van der Waals surface area contributed by atoms with E-state index in [0.717, 1.165) is 18.7 Å². The number of para-hydroxylation sites is 2. The van der Waals surface area contributed by atoms with Crippen molar-refractivity contribution in [3.8, 4) is 5.75 Å². The second-order valence-electron chi connectivity index (χ2n) is 7.33. The van der Waals surface area contributed by atoms with Crippen LogP contribution in [0.1, 0.15) is 26.2 Å². The molecule has 8 nitrogen and oxygen atoms in total. The van der Waals surface area contributed by atoms with Crippen LogP contribution in [0, 0.1) is 0 Å². The Morgan fingerprint density at radius 1 is 1.00 bits per heavy atom. The SMILES string of the molecule is CCNC(=O)CN1CCCN(C(=O)CCC(=O)N2CCOc3ccccc32)CC1. The van der Waals surface area contributed by atoms with Crippen LogP contribution in [-0.4, -0.2) is 79.9 Å². The minimum Gasteiger partial charge on any atom is -0.490 e. The van der Waals surface area contributed by atoms with E-state index >= 15 is 0 Å². The predicted octanol–water partition coefficient (Wildman–Crippen LogP) is 0.863. The fraction of sp³-hybridized carbons (Fsp3) is 0.571. The molecule has 1 fully saturated rings. The number of carbonyl (C=O) groups is 3. The first-order valence-electron chi connectivity index (χ1n) is 10.4. The van der Waals surface area contributed by atoms with Crippen LogP contribution in [0.15, 0.2) is 24.3 Å². The van der Waals surface area contributed by atoms with Crippen molar-refractivity contribution in [2.24, 2.45) is 0 Å². The Hall–Kier alpha value is -2.61. The molecule has 0 atom stereocenters. The van der Waals surface area contributed by atoms with Gasteiger partial charge in [-0.25, -0.2) is 0 Å². The zero-order valence-electron chi connectivity index (χ0n) is 17.1. The number of ether oxygens (including phenoxy) is 1. The lowest BCUT2D eigenvalue weighted by Crippen LogP contribution is -2.40. The van der Waals surface area contributed by atoms with Gasteiger partial charge in [0.05, 0.1) is 18.8 Å². The topological polar surface area (TPSA) is 82.2 Å². The summed E-state index contributed by atoms with van der Waals surface area (Å²) in [6.45, 7) is 6.58.